The summed E-state index contributed by atoms with van der Waals surface area (Å²) in [5.41, 5.74) is 11.4. The van der Waals surface area contributed by atoms with Crippen molar-refractivity contribution in [3.05, 3.63) is 65.6 Å². The van der Waals surface area contributed by atoms with Gasteiger partial charge in [-0.2, -0.15) is 0 Å². The number of carbonyl (C=O) groups is 2. The normalized spacial score (nSPS) is 15.1. The summed E-state index contributed by atoms with van der Waals surface area (Å²) in [5, 5.41) is 3.33. The van der Waals surface area contributed by atoms with Crippen molar-refractivity contribution in [2.75, 3.05) is 24.5 Å². The Hall–Kier alpha value is -4.05. The first-order valence-electron chi connectivity index (χ1n) is 10.7. The molecule has 10 heteroatoms. The average molecular weight is 467 g/mol. The minimum Gasteiger partial charge on any atom is -0.454 e. The highest BCUT2D eigenvalue weighted by Crippen LogP contribution is 2.28. The molecule has 1 aliphatic heterocycles. The molecule has 1 unspecified atom stereocenters. The standard InChI is InChI=1S/C23H24FN5O2.CH3NO/c1-14-3-8-20(18(24)11-14)31-17-6-4-16(5-7-17)23-27-19(22(25)30)12-21(28-23)29-10-9-26-13-15(29)2;2-1-3/h3-8,11-12,15,26H,9-10,13H2,1-2H3,(H2,25,30);1H,(H2,2,3). The van der Waals surface area contributed by atoms with Gasteiger partial charge in [0.1, 0.15) is 17.3 Å². The van der Waals surface area contributed by atoms with Crippen molar-refractivity contribution in [1.29, 1.82) is 0 Å². The number of anilines is 1. The van der Waals surface area contributed by atoms with E-state index < -0.39 is 11.7 Å². The number of hydrogen-bond donors (Lipinski definition) is 3. The molecule has 2 amide bonds. The zero-order valence-corrected chi connectivity index (χ0v) is 19.0. The number of nitrogens with one attached hydrogen (secondary N) is 1. The topological polar surface area (TPSA) is 136 Å². The summed E-state index contributed by atoms with van der Waals surface area (Å²) in [7, 11) is 0. The van der Waals surface area contributed by atoms with Gasteiger partial charge < -0.3 is 26.4 Å². The number of rotatable bonds is 5. The Morgan fingerprint density at radius 1 is 1.21 bits per heavy atom. The quantitative estimate of drug-likeness (QED) is 0.491. The Kier molecular flexibility index (Phi) is 8.10. The van der Waals surface area contributed by atoms with Crippen molar-refractivity contribution in [2.24, 2.45) is 11.5 Å². The van der Waals surface area contributed by atoms with Crippen molar-refractivity contribution < 1.29 is 18.7 Å². The second-order valence-corrected chi connectivity index (χ2v) is 7.74. The molecule has 5 N–H and O–H groups in total. The van der Waals surface area contributed by atoms with Crippen molar-refractivity contribution in [1.82, 2.24) is 15.3 Å². The summed E-state index contributed by atoms with van der Waals surface area (Å²) in [6, 6.07) is 13.6. The number of hydrogen-bond acceptors (Lipinski definition) is 7. The second kappa shape index (κ2) is 11.2. The number of nitrogens with zero attached hydrogens (tertiary/aromatic N) is 3. The Morgan fingerprint density at radius 2 is 1.91 bits per heavy atom. The number of amides is 2. The molecule has 2 heterocycles. The Bertz CT molecular complexity index is 1160. The van der Waals surface area contributed by atoms with Gasteiger partial charge in [-0.25, -0.2) is 14.4 Å². The number of ether oxygens (including phenoxy) is 1. The lowest BCUT2D eigenvalue weighted by Crippen LogP contribution is -2.50. The fourth-order valence-electron chi connectivity index (χ4n) is 3.51. The maximum atomic E-state index is 14.1. The summed E-state index contributed by atoms with van der Waals surface area (Å²) < 4.78 is 19.7. The minimum atomic E-state index is -0.609. The van der Waals surface area contributed by atoms with E-state index in [0.717, 1.165) is 25.2 Å². The first-order valence-corrected chi connectivity index (χ1v) is 10.7. The van der Waals surface area contributed by atoms with Crippen molar-refractivity contribution in [2.45, 2.75) is 19.9 Å². The van der Waals surface area contributed by atoms with Gasteiger partial charge in [0.05, 0.1) is 0 Å². The lowest BCUT2D eigenvalue weighted by molar-refractivity contribution is -0.106. The number of benzene rings is 2. The van der Waals surface area contributed by atoms with E-state index >= 15 is 0 Å². The molecule has 2 aromatic carbocycles. The van der Waals surface area contributed by atoms with Gasteiger partial charge in [0.15, 0.2) is 17.4 Å². The van der Waals surface area contributed by atoms with Gasteiger partial charge in [0, 0.05) is 37.3 Å². The van der Waals surface area contributed by atoms with Gasteiger partial charge in [-0.3, -0.25) is 9.59 Å². The molecule has 0 saturated carbocycles. The monoisotopic (exact) mass is 466 g/mol. The van der Waals surface area contributed by atoms with E-state index in [0.29, 0.717) is 23.0 Å². The molecule has 1 aliphatic rings. The van der Waals surface area contributed by atoms with Crippen LogP contribution >= 0.6 is 0 Å². The molecule has 0 bridgehead atoms. The van der Waals surface area contributed by atoms with Crippen LogP contribution in [0.25, 0.3) is 11.4 Å². The van der Waals surface area contributed by atoms with Crippen LogP contribution in [0, 0.1) is 12.7 Å². The highest BCUT2D eigenvalue weighted by atomic mass is 19.1. The highest BCUT2D eigenvalue weighted by Gasteiger charge is 2.22. The summed E-state index contributed by atoms with van der Waals surface area (Å²) in [4.78, 5) is 31.6. The molecule has 3 aromatic rings. The number of piperazine rings is 1. The van der Waals surface area contributed by atoms with Crippen LogP contribution in [0.2, 0.25) is 0 Å². The first kappa shape index (κ1) is 24.6. The third kappa shape index (κ3) is 6.04. The molecule has 1 saturated heterocycles. The largest absolute Gasteiger partial charge is 0.454 e. The zero-order valence-electron chi connectivity index (χ0n) is 19.0. The highest BCUT2D eigenvalue weighted by molar-refractivity contribution is 5.92. The zero-order chi connectivity index (χ0) is 24.7. The van der Waals surface area contributed by atoms with Gasteiger partial charge in [-0.1, -0.05) is 6.07 Å². The molecular formula is C24H27FN6O3. The SMILES string of the molecule is Cc1ccc(Oc2ccc(-c3nc(C(N)=O)cc(N4CCNCC4C)n3)cc2)c(F)c1.NC=O. The van der Waals surface area contributed by atoms with E-state index in [4.69, 9.17) is 15.3 Å². The van der Waals surface area contributed by atoms with E-state index in [9.17, 15) is 9.18 Å². The molecule has 34 heavy (non-hydrogen) atoms. The van der Waals surface area contributed by atoms with Gasteiger partial charge in [-0.15, -0.1) is 0 Å². The van der Waals surface area contributed by atoms with Gasteiger partial charge in [0.2, 0.25) is 6.41 Å². The molecule has 4 rings (SSSR count). The number of aromatic nitrogens is 2. The Labute approximate surface area is 196 Å². The number of halogens is 1. The van der Waals surface area contributed by atoms with Crippen LogP contribution in [0.15, 0.2) is 48.5 Å². The van der Waals surface area contributed by atoms with Crippen molar-refractivity contribution >= 4 is 18.1 Å². The summed E-state index contributed by atoms with van der Waals surface area (Å²) in [6.07, 6.45) is 0.250. The fraction of sp³-hybridized carbons (Fsp3) is 0.250. The molecule has 0 radical (unpaired) electrons. The number of primary amides is 2. The molecule has 0 spiro atoms. The van der Waals surface area contributed by atoms with Crippen LogP contribution in [0.5, 0.6) is 11.5 Å². The number of aryl methyl sites for hydroxylation is 1. The fourth-order valence-corrected chi connectivity index (χ4v) is 3.51. The predicted octanol–water partition coefficient (Wildman–Crippen LogP) is 2.38. The van der Waals surface area contributed by atoms with Crippen LogP contribution in [0.1, 0.15) is 23.0 Å². The van der Waals surface area contributed by atoms with E-state index in [2.05, 4.69) is 32.8 Å². The molecule has 178 valence electrons. The molecule has 1 aromatic heterocycles. The van der Waals surface area contributed by atoms with Crippen LogP contribution in [0.4, 0.5) is 10.2 Å². The first-order chi connectivity index (χ1) is 16.3. The predicted molar refractivity (Wildman–Crippen MR) is 127 cm³/mol. The maximum Gasteiger partial charge on any atom is 0.267 e. The third-order valence-corrected chi connectivity index (χ3v) is 5.19. The lowest BCUT2D eigenvalue weighted by atomic mass is 10.1. The number of nitrogens with two attached hydrogens (primary N) is 2. The average Bonchev–Trinajstić information content (AvgIpc) is 2.82. The molecule has 9 nitrogen and oxygen atoms in total. The van der Waals surface area contributed by atoms with E-state index in [1.165, 1.54) is 6.07 Å². The lowest BCUT2D eigenvalue weighted by Gasteiger charge is -2.35. The van der Waals surface area contributed by atoms with Crippen molar-refractivity contribution in [3.8, 4) is 22.9 Å². The smallest absolute Gasteiger partial charge is 0.267 e. The summed E-state index contributed by atoms with van der Waals surface area (Å²) in [5.74, 6) is 0.660. The van der Waals surface area contributed by atoms with E-state index in [1.54, 1.807) is 42.5 Å². The van der Waals surface area contributed by atoms with Gasteiger partial charge >= 0.3 is 0 Å². The number of carbonyl (C=O) groups excluding carboxylic acids is 2. The maximum absolute atomic E-state index is 14.1. The summed E-state index contributed by atoms with van der Waals surface area (Å²) in [6.45, 7) is 6.33. The van der Waals surface area contributed by atoms with Crippen LogP contribution in [-0.4, -0.2) is 48.0 Å². The van der Waals surface area contributed by atoms with Crippen LogP contribution in [-0.2, 0) is 4.79 Å². The van der Waals surface area contributed by atoms with E-state index in [1.807, 2.05) is 6.92 Å². The minimum absolute atomic E-state index is 0.153. The van der Waals surface area contributed by atoms with Crippen molar-refractivity contribution in [3.63, 3.8) is 0 Å². The van der Waals surface area contributed by atoms with Gasteiger partial charge in [0.25, 0.3) is 5.91 Å². The van der Waals surface area contributed by atoms with Crippen LogP contribution in [0.3, 0.4) is 0 Å². The van der Waals surface area contributed by atoms with Crippen LogP contribution < -0.4 is 26.4 Å². The third-order valence-electron chi connectivity index (χ3n) is 5.19. The van der Waals surface area contributed by atoms with E-state index in [-0.39, 0.29) is 23.9 Å². The molecule has 1 atom stereocenters. The van der Waals surface area contributed by atoms with Gasteiger partial charge in [-0.05, 0) is 55.8 Å². The summed E-state index contributed by atoms with van der Waals surface area (Å²) >= 11 is 0. The molecule has 1 fully saturated rings. The molecule has 0 aliphatic carbocycles. The molecular weight excluding hydrogens is 439 g/mol. The Balaban J connectivity index is 0.00000103. The Morgan fingerprint density at radius 3 is 2.53 bits per heavy atom. The second-order valence-electron chi connectivity index (χ2n) is 7.74.